The minimum atomic E-state index is 0.315. The van der Waals surface area contributed by atoms with Gasteiger partial charge >= 0.3 is 0 Å². The highest BCUT2D eigenvalue weighted by Gasteiger charge is 2.23. The summed E-state index contributed by atoms with van der Waals surface area (Å²) in [6.45, 7) is 8.00. The molecule has 1 N–H and O–H groups in total. The molecule has 2 heterocycles. The molecule has 0 aromatic carbocycles. The van der Waals surface area contributed by atoms with Crippen LogP contribution in [0.2, 0.25) is 0 Å². The zero-order valence-electron chi connectivity index (χ0n) is 14.8. The normalized spacial score (nSPS) is 24.0. The molecule has 0 amide bonds. The number of rotatable bonds is 7. The summed E-state index contributed by atoms with van der Waals surface area (Å²) in [6, 6.07) is 0. The zero-order chi connectivity index (χ0) is 16.3. The van der Waals surface area contributed by atoms with Crippen molar-refractivity contribution in [1.82, 2.24) is 10.2 Å². The second-order valence-corrected chi connectivity index (χ2v) is 6.24. The van der Waals surface area contributed by atoms with E-state index in [1.165, 1.54) is 12.8 Å². The fraction of sp³-hybridized carbons (Fsp3) is 0.941. The summed E-state index contributed by atoms with van der Waals surface area (Å²) < 4.78 is 16.9. The van der Waals surface area contributed by atoms with Crippen LogP contribution in [-0.2, 0) is 14.2 Å². The Bertz CT molecular complexity index is 338. The first-order valence-electron chi connectivity index (χ1n) is 9.09. The molecular formula is C17H33N3O3. The van der Waals surface area contributed by atoms with Crippen LogP contribution in [0.1, 0.15) is 39.0 Å². The summed E-state index contributed by atoms with van der Waals surface area (Å²) in [6.07, 6.45) is 6.41. The number of hydrogen-bond donors (Lipinski definition) is 1. The van der Waals surface area contributed by atoms with Gasteiger partial charge in [0.05, 0.1) is 32.0 Å². The highest BCUT2D eigenvalue weighted by molar-refractivity contribution is 5.80. The predicted molar refractivity (Wildman–Crippen MR) is 92.0 cm³/mol. The van der Waals surface area contributed by atoms with Crippen LogP contribution in [0.5, 0.6) is 0 Å². The summed E-state index contributed by atoms with van der Waals surface area (Å²) in [5, 5.41) is 3.37. The molecule has 0 bridgehead atoms. The van der Waals surface area contributed by atoms with Gasteiger partial charge < -0.3 is 24.4 Å². The van der Waals surface area contributed by atoms with Crippen LogP contribution >= 0.6 is 0 Å². The summed E-state index contributed by atoms with van der Waals surface area (Å²) in [5.74, 6) is 0.999. The van der Waals surface area contributed by atoms with Crippen LogP contribution in [0.15, 0.2) is 4.99 Å². The van der Waals surface area contributed by atoms with Crippen molar-refractivity contribution in [3.8, 4) is 0 Å². The number of guanidine groups is 1. The van der Waals surface area contributed by atoms with Gasteiger partial charge in [-0.2, -0.15) is 0 Å². The van der Waals surface area contributed by atoms with E-state index in [2.05, 4.69) is 22.1 Å². The van der Waals surface area contributed by atoms with Crippen LogP contribution in [0.4, 0.5) is 0 Å². The van der Waals surface area contributed by atoms with Crippen LogP contribution < -0.4 is 5.32 Å². The molecule has 6 nitrogen and oxygen atoms in total. The molecule has 2 aliphatic heterocycles. The zero-order valence-corrected chi connectivity index (χ0v) is 14.8. The Balaban J connectivity index is 1.69. The highest BCUT2D eigenvalue weighted by Crippen LogP contribution is 2.17. The van der Waals surface area contributed by atoms with E-state index in [0.717, 1.165) is 58.1 Å². The third-order valence-corrected chi connectivity index (χ3v) is 4.43. The molecule has 1 atom stereocenters. The van der Waals surface area contributed by atoms with E-state index in [1.54, 1.807) is 7.11 Å². The molecule has 0 radical (unpaired) electrons. The fourth-order valence-electron chi connectivity index (χ4n) is 3.09. The molecule has 23 heavy (non-hydrogen) atoms. The van der Waals surface area contributed by atoms with Gasteiger partial charge in [-0.05, 0) is 39.0 Å². The lowest BCUT2D eigenvalue weighted by molar-refractivity contribution is -0.0721. The maximum Gasteiger partial charge on any atom is 0.193 e. The van der Waals surface area contributed by atoms with Gasteiger partial charge in [0.15, 0.2) is 5.96 Å². The molecule has 0 aromatic heterocycles. The van der Waals surface area contributed by atoms with Crippen molar-refractivity contribution in [2.45, 2.75) is 51.2 Å². The summed E-state index contributed by atoms with van der Waals surface area (Å²) in [5.41, 5.74) is 0. The SMILES string of the molecule is CCNC(=NCCOC)N1CCC(OCC2CCCCO2)CC1. The Morgan fingerprint density at radius 2 is 2.09 bits per heavy atom. The van der Waals surface area contributed by atoms with Gasteiger partial charge in [0, 0.05) is 33.4 Å². The average molecular weight is 327 g/mol. The van der Waals surface area contributed by atoms with E-state index in [0.29, 0.717) is 25.4 Å². The molecule has 0 saturated carbocycles. The Labute approximate surface area is 140 Å². The lowest BCUT2D eigenvalue weighted by atomic mass is 10.1. The molecule has 0 aliphatic carbocycles. The van der Waals surface area contributed by atoms with E-state index in [1.807, 2.05) is 0 Å². The Kier molecular flexibility index (Phi) is 8.71. The number of methoxy groups -OCH3 is 1. The van der Waals surface area contributed by atoms with Gasteiger partial charge in [0.2, 0.25) is 0 Å². The topological polar surface area (TPSA) is 55.3 Å². The molecule has 0 spiro atoms. The van der Waals surface area contributed by atoms with Crippen LogP contribution in [0.3, 0.4) is 0 Å². The van der Waals surface area contributed by atoms with Crippen molar-refractivity contribution in [2.75, 3.05) is 53.1 Å². The first-order chi connectivity index (χ1) is 11.3. The molecule has 2 saturated heterocycles. The van der Waals surface area contributed by atoms with E-state index < -0.39 is 0 Å². The molecule has 6 heteroatoms. The number of aliphatic imine (C=N–C) groups is 1. The minimum absolute atomic E-state index is 0.315. The average Bonchev–Trinajstić information content (AvgIpc) is 2.61. The standard InChI is InChI=1S/C17H33N3O3/c1-3-18-17(19-9-13-21-2)20-10-7-15(8-11-20)23-14-16-6-4-5-12-22-16/h15-16H,3-14H2,1-2H3,(H,18,19). The Morgan fingerprint density at radius 1 is 1.26 bits per heavy atom. The van der Waals surface area contributed by atoms with Crippen molar-refractivity contribution in [3.05, 3.63) is 0 Å². The summed E-state index contributed by atoms with van der Waals surface area (Å²) in [7, 11) is 1.71. The number of likely N-dealkylation sites (tertiary alicyclic amines) is 1. The fourth-order valence-corrected chi connectivity index (χ4v) is 3.09. The maximum absolute atomic E-state index is 6.08. The van der Waals surface area contributed by atoms with Crippen molar-refractivity contribution in [3.63, 3.8) is 0 Å². The smallest absolute Gasteiger partial charge is 0.193 e. The Hall–Kier alpha value is -0.850. The molecule has 2 rings (SSSR count). The van der Waals surface area contributed by atoms with Crippen molar-refractivity contribution >= 4 is 5.96 Å². The summed E-state index contributed by atoms with van der Waals surface area (Å²) in [4.78, 5) is 6.95. The first-order valence-corrected chi connectivity index (χ1v) is 9.09. The molecule has 134 valence electrons. The van der Waals surface area contributed by atoms with Crippen molar-refractivity contribution < 1.29 is 14.2 Å². The van der Waals surface area contributed by atoms with Gasteiger partial charge in [-0.25, -0.2) is 0 Å². The molecular weight excluding hydrogens is 294 g/mol. The molecule has 2 aliphatic rings. The minimum Gasteiger partial charge on any atom is -0.383 e. The van der Waals surface area contributed by atoms with Gasteiger partial charge in [-0.3, -0.25) is 4.99 Å². The summed E-state index contributed by atoms with van der Waals surface area (Å²) >= 11 is 0. The van der Waals surface area contributed by atoms with Crippen LogP contribution in [0, 0.1) is 0 Å². The number of piperidine rings is 1. The lowest BCUT2D eigenvalue weighted by Crippen LogP contribution is -2.47. The van der Waals surface area contributed by atoms with Gasteiger partial charge in [-0.1, -0.05) is 0 Å². The van der Waals surface area contributed by atoms with E-state index in [4.69, 9.17) is 14.2 Å². The monoisotopic (exact) mass is 327 g/mol. The van der Waals surface area contributed by atoms with Gasteiger partial charge in [0.25, 0.3) is 0 Å². The second-order valence-electron chi connectivity index (χ2n) is 6.24. The number of nitrogens with one attached hydrogen (secondary N) is 1. The molecule has 0 aromatic rings. The van der Waals surface area contributed by atoms with Gasteiger partial charge in [0.1, 0.15) is 0 Å². The number of ether oxygens (including phenoxy) is 3. The first kappa shape index (κ1) is 18.5. The second kappa shape index (κ2) is 10.8. The Morgan fingerprint density at radius 3 is 2.74 bits per heavy atom. The van der Waals surface area contributed by atoms with Gasteiger partial charge in [-0.15, -0.1) is 0 Å². The maximum atomic E-state index is 6.08. The van der Waals surface area contributed by atoms with E-state index in [-0.39, 0.29) is 0 Å². The third kappa shape index (κ3) is 6.65. The molecule has 2 fully saturated rings. The van der Waals surface area contributed by atoms with Crippen molar-refractivity contribution in [2.24, 2.45) is 4.99 Å². The predicted octanol–water partition coefficient (Wildman–Crippen LogP) is 1.65. The highest BCUT2D eigenvalue weighted by atomic mass is 16.5. The lowest BCUT2D eigenvalue weighted by Gasteiger charge is -2.35. The van der Waals surface area contributed by atoms with Crippen LogP contribution in [-0.4, -0.2) is 76.2 Å². The van der Waals surface area contributed by atoms with Crippen molar-refractivity contribution in [1.29, 1.82) is 0 Å². The van der Waals surface area contributed by atoms with E-state index in [9.17, 15) is 0 Å². The number of nitrogens with zero attached hydrogens (tertiary/aromatic N) is 2. The largest absolute Gasteiger partial charge is 0.383 e. The van der Waals surface area contributed by atoms with E-state index >= 15 is 0 Å². The molecule has 1 unspecified atom stereocenters. The van der Waals surface area contributed by atoms with Crippen LogP contribution in [0.25, 0.3) is 0 Å². The quantitative estimate of drug-likeness (QED) is 0.438. The third-order valence-electron chi connectivity index (χ3n) is 4.43. The number of hydrogen-bond acceptors (Lipinski definition) is 4.